The first-order valence-electron chi connectivity index (χ1n) is 17.1. The number of ketones is 1. The molecule has 0 bridgehead atoms. The highest BCUT2D eigenvalue weighted by Gasteiger charge is 2.45. The second-order valence-electron chi connectivity index (χ2n) is 13.3. The van der Waals surface area contributed by atoms with Gasteiger partial charge in [-0.15, -0.1) is 4.24 Å². The molecule has 0 saturated heterocycles. The quantitative estimate of drug-likeness (QED) is 0.163. The standard InChI is InChI=1S/C42H28N6O6/c1-22(49)26-16-4-10-23-11-5-17-27(32(23)26)35(50)45(2)41-43-40(47-36(51)28-18-6-12-24-13-7-19-29(33(24)28)37(47)52)44-42(46(41)3)48-38(53)30-20-8-14-25-15-9-21-31(34(25)30)39(48)54/h4-21,40H,1-3H3/p+1. The average molecular weight is 714 g/mol. The van der Waals surface area contributed by atoms with Gasteiger partial charge in [-0.2, -0.15) is 4.99 Å². The molecule has 3 heterocycles. The second-order valence-corrected chi connectivity index (χ2v) is 13.3. The van der Waals surface area contributed by atoms with Crippen molar-refractivity contribution in [3.63, 3.8) is 0 Å². The maximum atomic E-state index is 14.6. The van der Waals surface area contributed by atoms with E-state index in [-0.39, 0.29) is 45.2 Å². The van der Waals surface area contributed by atoms with E-state index in [1.54, 1.807) is 84.9 Å². The Morgan fingerprint density at radius 1 is 0.667 bits per heavy atom. The summed E-state index contributed by atoms with van der Waals surface area (Å²) in [6, 6.07) is 30.9. The van der Waals surface area contributed by atoms with Crippen LogP contribution in [0.25, 0.3) is 43.1 Å². The van der Waals surface area contributed by atoms with Crippen molar-refractivity contribution < 1.29 is 23.4 Å². The molecule has 1 N–H and O–H groups in total. The third kappa shape index (κ3) is 4.56. The number of guanidine groups is 1. The molecule has 12 heteroatoms. The summed E-state index contributed by atoms with van der Waals surface area (Å²) in [5.74, 6) is -2.34. The fourth-order valence-electron chi connectivity index (χ4n) is 7.76. The van der Waals surface area contributed by atoms with Gasteiger partial charge in [-0.05, 0) is 53.4 Å². The number of amides is 3. The van der Waals surface area contributed by atoms with Crippen molar-refractivity contribution in [2.75, 3.05) is 14.1 Å². The zero-order valence-electron chi connectivity index (χ0n) is 29.2. The van der Waals surface area contributed by atoms with E-state index in [9.17, 15) is 28.8 Å². The number of rotatable bonds is 3. The van der Waals surface area contributed by atoms with Gasteiger partial charge in [-0.1, -0.05) is 78.9 Å². The van der Waals surface area contributed by atoms with Crippen LogP contribution in [0, 0.1) is 5.96 Å². The minimum atomic E-state index is -1.51. The molecular weight excluding hydrogens is 684 g/mol. The van der Waals surface area contributed by atoms with Crippen LogP contribution in [0.5, 0.6) is 0 Å². The van der Waals surface area contributed by atoms with Crippen LogP contribution >= 0.6 is 0 Å². The van der Waals surface area contributed by atoms with Crippen LogP contribution in [-0.2, 0) is 0 Å². The Morgan fingerprint density at radius 3 is 1.70 bits per heavy atom. The van der Waals surface area contributed by atoms with Crippen molar-refractivity contribution in [2.45, 2.75) is 13.2 Å². The predicted octanol–water partition coefficient (Wildman–Crippen LogP) is 4.20. The first kappa shape index (κ1) is 32.6. The molecule has 9 rings (SSSR count). The van der Waals surface area contributed by atoms with Gasteiger partial charge in [0.1, 0.15) is 0 Å². The zero-order valence-corrected chi connectivity index (χ0v) is 29.2. The Hall–Kier alpha value is -7.34. The van der Waals surface area contributed by atoms with Gasteiger partial charge in [0, 0.05) is 45.5 Å². The maximum absolute atomic E-state index is 14.6. The number of aromatic nitrogens is 1. The highest BCUT2D eigenvalue weighted by molar-refractivity contribution is 6.26. The summed E-state index contributed by atoms with van der Waals surface area (Å²) in [6.45, 7) is 1.42. The lowest BCUT2D eigenvalue weighted by atomic mass is 9.94. The summed E-state index contributed by atoms with van der Waals surface area (Å²) in [5, 5.41) is 7.14. The smallest absolute Gasteiger partial charge is 0.294 e. The monoisotopic (exact) mass is 713 g/mol. The number of Topliss-reactive ketones (excluding diaryl/α,β-unsaturated/α-hetero) is 1. The van der Waals surface area contributed by atoms with Gasteiger partial charge >= 0.3 is 17.1 Å². The van der Waals surface area contributed by atoms with Gasteiger partial charge in [-0.25, -0.2) is 24.7 Å². The highest BCUT2D eigenvalue weighted by atomic mass is 16.2. The van der Waals surface area contributed by atoms with Crippen LogP contribution in [-0.4, -0.2) is 64.5 Å². The lowest BCUT2D eigenvalue weighted by molar-refractivity contribution is -0.565. The number of hydrogen-bond donors (Lipinski definition) is 1. The SMILES string of the molecule is CC(=O)c1cccc2cccc(C(=O)N(C)C3=NC(N4C(=O)c5cccc6cccc(c56)C4=O)NC(=[n+]4c(=O)c5cccc6cccc(c4=O)c65)N3C)c12. The number of hydrogen-bond acceptors (Lipinski definition) is 9. The molecule has 0 spiro atoms. The Bertz CT molecular complexity index is 2950. The fraction of sp³-hybridized carbons (Fsp3) is 0.0952. The molecule has 0 saturated carbocycles. The second kappa shape index (κ2) is 11.9. The molecule has 1 unspecified atom stereocenters. The molecule has 1 aromatic heterocycles. The third-order valence-corrected chi connectivity index (χ3v) is 10.3. The van der Waals surface area contributed by atoms with Crippen LogP contribution in [0.2, 0.25) is 0 Å². The van der Waals surface area contributed by atoms with E-state index in [4.69, 9.17) is 4.99 Å². The van der Waals surface area contributed by atoms with Crippen LogP contribution in [0.3, 0.4) is 0 Å². The summed E-state index contributed by atoms with van der Waals surface area (Å²) in [7, 11) is 2.97. The van der Waals surface area contributed by atoms with Crippen LogP contribution in [0.15, 0.2) is 124 Å². The van der Waals surface area contributed by atoms with Gasteiger partial charge in [0.05, 0.1) is 17.8 Å². The average Bonchev–Trinajstić information content (AvgIpc) is 3.18. The molecule has 3 amide bonds. The van der Waals surface area contributed by atoms with E-state index in [2.05, 4.69) is 5.32 Å². The number of nitrogens with one attached hydrogen (secondary N) is 1. The Morgan fingerprint density at radius 2 is 1.15 bits per heavy atom. The molecule has 0 radical (unpaired) electrons. The molecular formula is C42H29N6O6+. The Kier molecular flexibility index (Phi) is 7.15. The van der Waals surface area contributed by atoms with Crippen molar-refractivity contribution in [3.05, 3.63) is 158 Å². The van der Waals surface area contributed by atoms with E-state index < -0.39 is 35.1 Å². The molecule has 12 nitrogen and oxygen atoms in total. The maximum Gasteiger partial charge on any atom is 0.374 e. The number of carbonyl (C=O) groups is 4. The topological polar surface area (TPSA) is 142 Å². The van der Waals surface area contributed by atoms with E-state index in [1.807, 2.05) is 24.3 Å². The number of carbonyl (C=O) groups excluding carboxylic acids is 4. The van der Waals surface area contributed by atoms with Crippen LogP contribution in [0.4, 0.5) is 0 Å². The molecule has 2 aliphatic rings. The Balaban J connectivity index is 1.28. The van der Waals surface area contributed by atoms with Gasteiger partial charge in [0.2, 0.25) is 0 Å². The molecule has 7 aromatic rings. The van der Waals surface area contributed by atoms with Crippen molar-refractivity contribution in [1.82, 2.24) is 20.0 Å². The number of benzene rings is 6. The third-order valence-electron chi connectivity index (χ3n) is 10.3. The zero-order chi connectivity index (χ0) is 37.6. The summed E-state index contributed by atoms with van der Waals surface area (Å²) in [5.41, 5.74) is -0.220. The van der Waals surface area contributed by atoms with E-state index in [0.717, 1.165) is 9.14 Å². The summed E-state index contributed by atoms with van der Waals surface area (Å²) < 4.78 is 0.941. The van der Waals surface area contributed by atoms with Crippen molar-refractivity contribution >= 4 is 72.6 Å². The van der Waals surface area contributed by atoms with Gasteiger partial charge in [0.25, 0.3) is 30.0 Å². The number of fused-ring (bicyclic) bond motifs is 1. The minimum Gasteiger partial charge on any atom is -0.294 e. The fourth-order valence-corrected chi connectivity index (χ4v) is 7.76. The number of aliphatic imine (C=N–C) groups is 1. The highest BCUT2D eigenvalue weighted by Crippen LogP contribution is 2.32. The largest absolute Gasteiger partial charge is 0.374 e. The predicted molar refractivity (Wildman–Crippen MR) is 202 cm³/mol. The van der Waals surface area contributed by atoms with Crippen molar-refractivity contribution in [3.8, 4) is 0 Å². The summed E-state index contributed by atoms with van der Waals surface area (Å²) in [6.07, 6.45) is -1.51. The van der Waals surface area contributed by atoms with E-state index in [1.165, 1.54) is 30.8 Å². The lowest BCUT2D eigenvalue weighted by Gasteiger charge is -2.35. The Labute approximate surface area is 305 Å². The van der Waals surface area contributed by atoms with Crippen LogP contribution in [0.1, 0.15) is 48.4 Å². The van der Waals surface area contributed by atoms with E-state index in [0.29, 0.717) is 37.9 Å². The van der Waals surface area contributed by atoms with Crippen molar-refractivity contribution in [2.24, 2.45) is 4.99 Å². The normalized spacial score (nSPS) is 15.6. The number of pyridine rings is 1. The molecule has 0 aliphatic carbocycles. The van der Waals surface area contributed by atoms with Gasteiger partial charge in [0.15, 0.2) is 5.78 Å². The summed E-state index contributed by atoms with van der Waals surface area (Å²) >= 11 is 0. The van der Waals surface area contributed by atoms with Gasteiger partial charge < -0.3 is 0 Å². The van der Waals surface area contributed by atoms with Crippen LogP contribution < -0.4 is 20.7 Å². The molecule has 6 aromatic carbocycles. The molecule has 262 valence electrons. The minimum absolute atomic E-state index is 0.0913. The summed E-state index contributed by atoms with van der Waals surface area (Å²) in [4.78, 5) is 92.9. The van der Waals surface area contributed by atoms with E-state index >= 15 is 0 Å². The first-order chi connectivity index (χ1) is 26.1. The number of imide groups is 1. The molecule has 1 atom stereocenters. The van der Waals surface area contributed by atoms with Crippen molar-refractivity contribution in [1.29, 1.82) is 0 Å². The molecule has 2 aliphatic heterocycles. The van der Waals surface area contributed by atoms with Gasteiger partial charge in [-0.3, -0.25) is 24.1 Å². The number of nitrogens with zero attached hydrogens (tertiary/aromatic N) is 5. The lowest BCUT2D eigenvalue weighted by Crippen LogP contribution is -2.67. The molecule has 0 fully saturated rings. The first-order valence-corrected chi connectivity index (χ1v) is 17.1. The molecule has 54 heavy (non-hydrogen) atoms.